The van der Waals surface area contributed by atoms with E-state index in [1.54, 1.807) is 11.7 Å². The maximum Gasteiger partial charge on any atom is 0.322 e. The Morgan fingerprint density at radius 2 is 1.88 bits per heavy atom. The van der Waals surface area contributed by atoms with E-state index in [1.165, 1.54) is 10.5 Å². The number of anilines is 2. The first kappa shape index (κ1) is 29.2. The first-order valence-electron chi connectivity index (χ1n) is 14.3. The molecule has 2 fully saturated rings. The van der Waals surface area contributed by atoms with E-state index in [-0.39, 0.29) is 25.0 Å². The highest BCUT2D eigenvalue weighted by Crippen LogP contribution is 2.30. The van der Waals surface area contributed by atoms with E-state index in [9.17, 15) is 13.8 Å². The molecular weight excluding hydrogens is 540 g/mol. The number of nitrogens with two attached hydrogens (primary N) is 1. The molecular formula is C29H40N8O3S. The van der Waals surface area contributed by atoms with Crippen molar-refractivity contribution in [3.05, 3.63) is 48.0 Å². The van der Waals surface area contributed by atoms with Crippen LogP contribution in [0.5, 0.6) is 0 Å². The summed E-state index contributed by atoms with van der Waals surface area (Å²) in [7, 11) is 2.29. The summed E-state index contributed by atoms with van der Waals surface area (Å²) < 4.78 is 17.0. The summed E-state index contributed by atoms with van der Waals surface area (Å²) in [4.78, 5) is 30.7. The first-order valence-corrected chi connectivity index (χ1v) is 15.4. The Balaban J connectivity index is 1.22. The fraction of sp³-hybridized carbons (Fsp3) is 0.483. The molecule has 5 rings (SSSR count). The molecule has 2 aliphatic heterocycles. The third-order valence-electron chi connectivity index (χ3n) is 7.98. The van der Waals surface area contributed by atoms with Gasteiger partial charge in [-0.15, -0.1) is 0 Å². The molecule has 220 valence electrons. The van der Waals surface area contributed by atoms with Crippen LogP contribution in [-0.2, 0) is 29.4 Å². The third-order valence-corrected chi connectivity index (χ3v) is 9.47. The van der Waals surface area contributed by atoms with E-state index in [4.69, 9.17) is 5.73 Å². The molecule has 3 aromatic rings. The van der Waals surface area contributed by atoms with E-state index in [2.05, 4.69) is 44.5 Å². The largest absolute Gasteiger partial charge is 0.369 e. The van der Waals surface area contributed by atoms with Gasteiger partial charge in [0.25, 0.3) is 0 Å². The lowest BCUT2D eigenvalue weighted by atomic mass is 10.1. The van der Waals surface area contributed by atoms with Crippen LogP contribution in [0, 0.1) is 0 Å². The molecule has 0 aliphatic carbocycles. The molecule has 11 nitrogen and oxygen atoms in total. The maximum atomic E-state index is 13.1. The van der Waals surface area contributed by atoms with Gasteiger partial charge in [-0.05, 0) is 48.7 Å². The molecule has 3 heterocycles. The van der Waals surface area contributed by atoms with Gasteiger partial charge in [0.15, 0.2) is 5.82 Å². The highest BCUT2D eigenvalue weighted by molar-refractivity contribution is 7.82. The van der Waals surface area contributed by atoms with Gasteiger partial charge in [0.05, 0.1) is 10.4 Å². The van der Waals surface area contributed by atoms with Gasteiger partial charge in [0.1, 0.15) is 17.3 Å². The number of nitrogens with one attached hydrogen (secondary N) is 1. The molecule has 0 saturated carbocycles. The SMILES string of the molecule is CNC(=O)N(CCC=O)c1nn(C)c2cc(N3CCN(Cc4cccc(S(=O)N5CCC(N)CC5)c4)CC3)ccc12. The summed E-state index contributed by atoms with van der Waals surface area (Å²) in [5, 5.41) is 8.13. The molecule has 0 bridgehead atoms. The average Bonchev–Trinajstić information content (AvgIpc) is 3.33. The Morgan fingerprint density at radius 1 is 1.12 bits per heavy atom. The average molecular weight is 581 g/mol. The molecule has 2 aliphatic rings. The van der Waals surface area contributed by atoms with Gasteiger partial charge in [-0.25, -0.2) is 13.3 Å². The van der Waals surface area contributed by atoms with Crippen LogP contribution in [0.4, 0.5) is 16.3 Å². The van der Waals surface area contributed by atoms with Crippen molar-refractivity contribution < 1.29 is 13.8 Å². The van der Waals surface area contributed by atoms with Crippen molar-refractivity contribution in [1.82, 2.24) is 24.3 Å². The van der Waals surface area contributed by atoms with Gasteiger partial charge >= 0.3 is 6.03 Å². The predicted molar refractivity (Wildman–Crippen MR) is 162 cm³/mol. The molecule has 3 N–H and O–H groups in total. The summed E-state index contributed by atoms with van der Waals surface area (Å²) in [5.74, 6) is 0.548. The number of hydrogen-bond acceptors (Lipinski definition) is 7. The minimum Gasteiger partial charge on any atom is -0.369 e. The number of fused-ring (bicyclic) bond motifs is 1. The molecule has 0 spiro atoms. The second-order valence-corrected chi connectivity index (χ2v) is 12.2. The van der Waals surface area contributed by atoms with Gasteiger partial charge in [-0.3, -0.25) is 14.5 Å². The third kappa shape index (κ3) is 6.61. The van der Waals surface area contributed by atoms with Gasteiger partial charge in [0, 0.05) is 90.0 Å². The Bertz CT molecular complexity index is 1400. The lowest BCUT2D eigenvalue weighted by molar-refractivity contribution is -0.107. The number of urea groups is 1. The van der Waals surface area contributed by atoms with Crippen molar-refractivity contribution >= 4 is 45.7 Å². The zero-order chi connectivity index (χ0) is 28.9. The van der Waals surface area contributed by atoms with Gasteiger partial charge in [-0.2, -0.15) is 5.10 Å². The van der Waals surface area contributed by atoms with E-state index < -0.39 is 11.0 Å². The predicted octanol–water partition coefficient (Wildman–Crippen LogP) is 2.08. The second-order valence-electron chi connectivity index (χ2n) is 10.7. The van der Waals surface area contributed by atoms with Crippen LogP contribution in [0.2, 0.25) is 0 Å². The van der Waals surface area contributed by atoms with Crippen LogP contribution in [0.1, 0.15) is 24.8 Å². The normalized spacial score (nSPS) is 18.0. The minimum atomic E-state index is -1.15. The molecule has 2 aromatic carbocycles. The molecule has 2 saturated heterocycles. The van der Waals surface area contributed by atoms with Crippen molar-refractivity contribution in [2.45, 2.75) is 36.7 Å². The number of nitrogens with zero attached hydrogens (tertiary/aromatic N) is 6. The summed E-state index contributed by atoms with van der Waals surface area (Å²) in [6.45, 7) is 6.26. The van der Waals surface area contributed by atoms with Crippen molar-refractivity contribution in [1.29, 1.82) is 0 Å². The monoisotopic (exact) mass is 580 g/mol. The van der Waals surface area contributed by atoms with E-state index in [0.29, 0.717) is 5.82 Å². The van der Waals surface area contributed by atoms with Crippen LogP contribution >= 0.6 is 0 Å². The number of carbonyl (C=O) groups is 2. The molecule has 2 amide bonds. The number of piperazine rings is 1. The number of aromatic nitrogens is 2. The fourth-order valence-electron chi connectivity index (χ4n) is 5.61. The lowest BCUT2D eigenvalue weighted by Gasteiger charge is -2.36. The zero-order valence-electron chi connectivity index (χ0n) is 23.9. The number of hydrogen-bond donors (Lipinski definition) is 2. The smallest absolute Gasteiger partial charge is 0.322 e. The second kappa shape index (κ2) is 13.1. The molecule has 0 radical (unpaired) electrons. The molecule has 41 heavy (non-hydrogen) atoms. The van der Waals surface area contributed by atoms with Crippen LogP contribution in [0.25, 0.3) is 10.9 Å². The number of carbonyl (C=O) groups excluding carboxylic acids is 2. The Morgan fingerprint density at radius 3 is 2.59 bits per heavy atom. The van der Waals surface area contributed by atoms with Crippen LogP contribution in [-0.4, -0.2) is 94.4 Å². The van der Waals surface area contributed by atoms with Gasteiger partial charge in [-0.1, -0.05) is 12.1 Å². The fourth-order valence-corrected chi connectivity index (χ4v) is 6.90. The maximum absolute atomic E-state index is 13.1. The molecule has 12 heteroatoms. The first-order chi connectivity index (χ1) is 19.9. The summed E-state index contributed by atoms with van der Waals surface area (Å²) in [6, 6.07) is 14.3. The van der Waals surface area contributed by atoms with Gasteiger partial charge < -0.3 is 20.7 Å². The summed E-state index contributed by atoms with van der Waals surface area (Å²) in [6.07, 6.45) is 2.83. The number of benzene rings is 2. The van der Waals surface area contributed by atoms with E-state index in [0.717, 1.165) is 86.4 Å². The quantitative estimate of drug-likeness (QED) is 0.372. The zero-order valence-corrected chi connectivity index (χ0v) is 24.7. The number of rotatable bonds is 9. The lowest BCUT2D eigenvalue weighted by Crippen LogP contribution is -2.46. The van der Waals surface area contributed by atoms with Gasteiger partial charge in [0.2, 0.25) is 0 Å². The van der Waals surface area contributed by atoms with Crippen molar-refractivity contribution in [3.63, 3.8) is 0 Å². The standard InChI is InChI=1S/C29H40N8O3S/c1-31-29(39)37(11-4-18-38)28-26-8-7-24(20-27(26)33(2)32-28)35-16-14-34(15-17-35)21-22-5-3-6-25(19-22)41(40)36-12-9-23(30)10-13-36/h3,5-8,18-20,23H,4,9-17,21,30H2,1-2H3,(H,31,39). The van der Waals surface area contributed by atoms with Crippen LogP contribution < -0.4 is 20.9 Å². The number of aryl methyl sites for hydroxylation is 1. The van der Waals surface area contributed by atoms with E-state index >= 15 is 0 Å². The summed E-state index contributed by atoms with van der Waals surface area (Å²) in [5.41, 5.74) is 9.24. The van der Waals surface area contributed by atoms with Crippen LogP contribution in [0.3, 0.4) is 0 Å². The Labute approximate surface area is 243 Å². The Hall–Kier alpha value is -3.32. The van der Waals surface area contributed by atoms with Crippen molar-refractivity contribution in [2.24, 2.45) is 12.8 Å². The van der Waals surface area contributed by atoms with Crippen LogP contribution in [0.15, 0.2) is 47.4 Å². The van der Waals surface area contributed by atoms with E-state index in [1.807, 2.05) is 29.6 Å². The number of aldehydes is 1. The Kier molecular flexibility index (Phi) is 9.33. The highest BCUT2D eigenvalue weighted by Gasteiger charge is 2.24. The number of piperidine rings is 1. The highest BCUT2D eigenvalue weighted by atomic mass is 32.2. The van der Waals surface area contributed by atoms with Crippen molar-refractivity contribution in [3.8, 4) is 0 Å². The molecule has 1 atom stereocenters. The topological polar surface area (TPSA) is 120 Å². The number of amides is 2. The van der Waals surface area contributed by atoms with Crippen molar-refractivity contribution in [2.75, 3.05) is 62.7 Å². The molecule has 1 unspecified atom stereocenters. The molecule has 1 aromatic heterocycles. The summed E-state index contributed by atoms with van der Waals surface area (Å²) >= 11 is 0. The minimum absolute atomic E-state index is 0.218.